The second kappa shape index (κ2) is 5.12. The van der Waals surface area contributed by atoms with E-state index in [2.05, 4.69) is 26.1 Å². The van der Waals surface area contributed by atoms with E-state index in [1.165, 1.54) is 0 Å². The van der Waals surface area contributed by atoms with Crippen LogP contribution in [0.25, 0.3) is 0 Å². The van der Waals surface area contributed by atoms with Gasteiger partial charge in [0, 0.05) is 22.4 Å². The van der Waals surface area contributed by atoms with E-state index >= 15 is 0 Å². The molecule has 1 heterocycles. The Morgan fingerprint density at radius 3 is 2.75 bits per heavy atom. The van der Waals surface area contributed by atoms with E-state index in [-0.39, 0.29) is 0 Å². The van der Waals surface area contributed by atoms with Crippen molar-refractivity contribution in [1.82, 2.24) is 10.2 Å². The minimum atomic E-state index is 0.419. The molecular formula is C11H11BrN2O2. The number of aryl methyl sites for hydroxylation is 2. The van der Waals surface area contributed by atoms with Gasteiger partial charge < -0.3 is 9.15 Å². The number of benzene rings is 1. The average Bonchev–Trinajstić information content (AvgIpc) is 2.73. The van der Waals surface area contributed by atoms with Crippen LogP contribution in [-0.4, -0.2) is 17.3 Å². The zero-order valence-electron chi connectivity index (χ0n) is 8.81. The van der Waals surface area contributed by atoms with Crippen LogP contribution in [0.15, 0.2) is 33.5 Å². The normalized spacial score (nSPS) is 10.4. The molecule has 0 amide bonds. The highest BCUT2D eigenvalue weighted by Gasteiger charge is 2.06. The Balaban J connectivity index is 2.04. The quantitative estimate of drug-likeness (QED) is 0.865. The highest BCUT2D eigenvalue weighted by atomic mass is 79.9. The monoisotopic (exact) mass is 282 g/mol. The third kappa shape index (κ3) is 2.61. The Hall–Kier alpha value is -1.36. The SMILES string of the molecule is COc1ccccc1CCc1nnc(Br)o1. The van der Waals surface area contributed by atoms with Crippen molar-refractivity contribution in [2.45, 2.75) is 12.8 Å². The van der Waals surface area contributed by atoms with Crippen LogP contribution in [0, 0.1) is 0 Å². The molecule has 0 bridgehead atoms. The molecule has 2 aromatic rings. The lowest BCUT2D eigenvalue weighted by Gasteiger charge is -2.06. The first-order valence-corrected chi connectivity index (χ1v) is 5.68. The van der Waals surface area contributed by atoms with Crippen LogP contribution in [0.5, 0.6) is 5.75 Å². The maximum absolute atomic E-state index is 5.26. The molecule has 84 valence electrons. The van der Waals surface area contributed by atoms with Gasteiger partial charge in [-0.3, -0.25) is 0 Å². The van der Waals surface area contributed by atoms with Gasteiger partial charge in [-0.05, 0) is 18.1 Å². The van der Waals surface area contributed by atoms with Crippen LogP contribution in [0.4, 0.5) is 0 Å². The first kappa shape index (κ1) is 11.1. The second-order valence-electron chi connectivity index (χ2n) is 3.26. The summed E-state index contributed by atoms with van der Waals surface area (Å²) in [4.78, 5) is 0.419. The number of hydrogen-bond donors (Lipinski definition) is 0. The summed E-state index contributed by atoms with van der Waals surface area (Å²) >= 11 is 3.12. The Labute approximate surface area is 102 Å². The van der Waals surface area contributed by atoms with Crippen molar-refractivity contribution in [3.63, 3.8) is 0 Å². The Morgan fingerprint density at radius 2 is 2.06 bits per heavy atom. The maximum Gasteiger partial charge on any atom is 0.284 e. The van der Waals surface area contributed by atoms with E-state index in [4.69, 9.17) is 9.15 Å². The highest BCUT2D eigenvalue weighted by molar-refractivity contribution is 9.10. The lowest BCUT2D eigenvalue weighted by molar-refractivity contribution is 0.408. The van der Waals surface area contributed by atoms with Gasteiger partial charge in [0.05, 0.1) is 7.11 Å². The topological polar surface area (TPSA) is 48.2 Å². The molecule has 0 unspecified atom stereocenters. The largest absolute Gasteiger partial charge is 0.496 e. The van der Waals surface area contributed by atoms with Crippen LogP contribution in [0.3, 0.4) is 0 Å². The van der Waals surface area contributed by atoms with Crippen molar-refractivity contribution in [1.29, 1.82) is 0 Å². The van der Waals surface area contributed by atoms with E-state index in [0.717, 1.165) is 17.7 Å². The molecule has 0 saturated heterocycles. The molecule has 0 aliphatic rings. The molecule has 1 aromatic carbocycles. The molecule has 1 aromatic heterocycles. The molecule has 4 nitrogen and oxygen atoms in total. The molecule has 16 heavy (non-hydrogen) atoms. The predicted octanol–water partition coefficient (Wildman–Crippen LogP) is 2.63. The van der Waals surface area contributed by atoms with Crippen LogP contribution < -0.4 is 4.74 Å². The molecule has 0 fully saturated rings. The van der Waals surface area contributed by atoms with E-state index < -0.39 is 0 Å². The summed E-state index contributed by atoms with van der Waals surface area (Å²) in [5.74, 6) is 1.51. The maximum atomic E-state index is 5.26. The molecule has 0 atom stereocenters. The number of halogens is 1. The minimum Gasteiger partial charge on any atom is -0.496 e. The zero-order chi connectivity index (χ0) is 11.4. The lowest BCUT2D eigenvalue weighted by atomic mass is 10.1. The van der Waals surface area contributed by atoms with Gasteiger partial charge in [0.2, 0.25) is 5.89 Å². The summed E-state index contributed by atoms with van der Waals surface area (Å²) in [6.07, 6.45) is 1.53. The van der Waals surface area contributed by atoms with Crippen LogP contribution >= 0.6 is 15.9 Å². The molecule has 5 heteroatoms. The molecule has 0 saturated carbocycles. The van der Waals surface area contributed by atoms with Crippen molar-refractivity contribution < 1.29 is 9.15 Å². The van der Waals surface area contributed by atoms with Crippen LogP contribution in [0.1, 0.15) is 11.5 Å². The predicted molar refractivity (Wildman–Crippen MR) is 62.4 cm³/mol. The molecule has 0 N–H and O–H groups in total. The van der Waals surface area contributed by atoms with E-state index in [1.54, 1.807) is 7.11 Å². The number of ether oxygens (including phenoxy) is 1. The third-order valence-corrected chi connectivity index (χ3v) is 2.56. The number of hydrogen-bond acceptors (Lipinski definition) is 4. The number of para-hydroxylation sites is 1. The zero-order valence-corrected chi connectivity index (χ0v) is 10.4. The van der Waals surface area contributed by atoms with Crippen LogP contribution in [0.2, 0.25) is 0 Å². The third-order valence-electron chi connectivity index (χ3n) is 2.24. The van der Waals surface area contributed by atoms with Crippen molar-refractivity contribution >= 4 is 15.9 Å². The average molecular weight is 283 g/mol. The number of rotatable bonds is 4. The molecule has 0 spiro atoms. The standard InChI is InChI=1S/C11H11BrN2O2/c1-15-9-5-3-2-4-8(9)6-7-10-13-14-11(12)16-10/h2-5H,6-7H2,1H3. The first-order valence-electron chi connectivity index (χ1n) is 4.89. The fraction of sp³-hybridized carbons (Fsp3) is 0.273. The minimum absolute atomic E-state index is 0.419. The Bertz CT molecular complexity index is 471. The highest BCUT2D eigenvalue weighted by Crippen LogP contribution is 2.19. The fourth-order valence-corrected chi connectivity index (χ4v) is 1.75. The summed E-state index contributed by atoms with van der Waals surface area (Å²) in [7, 11) is 1.67. The van der Waals surface area contributed by atoms with Gasteiger partial charge in [-0.2, -0.15) is 0 Å². The van der Waals surface area contributed by atoms with Gasteiger partial charge in [0.15, 0.2) is 0 Å². The van der Waals surface area contributed by atoms with Crippen molar-refractivity contribution in [2.75, 3.05) is 7.11 Å². The lowest BCUT2D eigenvalue weighted by Crippen LogP contribution is -1.95. The molecule has 0 aliphatic carbocycles. The molecule has 2 rings (SSSR count). The summed E-state index contributed by atoms with van der Waals surface area (Å²) in [6.45, 7) is 0. The Morgan fingerprint density at radius 1 is 1.25 bits per heavy atom. The van der Waals surface area contributed by atoms with Gasteiger partial charge in [0.25, 0.3) is 4.80 Å². The van der Waals surface area contributed by atoms with Gasteiger partial charge in [-0.25, -0.2) is 0 Å². The number of nitrogens with zero attached hydrogens (tertiary/aromatic N) is 2. The van der Waals surface area contributed by atoms with E-state index in [0.29, 0.717) is 17.1 Å². The summed E-state index contributed by atoms with van der Waals surface area (Å²) in [5, 5.41) is 7.62. The smallest absolute Gasteiger partial charge is 0.284 e. The summed E-state index contributed by atoms with van der Waals surface area (Å²) in [6, 6.07) is 7.91. The fourth-order valence-electron chi connectivity index (χ4n) is 1.49. The van der Waals surface area contributed by atoms with E-state index in [9.17, 15) is 0 Å². The molecular weight excluding hydrogens is 272 g/mol. The molecule has 0 aliphatic heterocycles. The van der Waals surface area contributed by atoms with Gasteiger partial charge in [0.1, 0.15) is 5.75 Å². The van der Waals surface area contributed by atoms with Crippen LogP contribution in [-0.2, 0) is 12.8 Å². The van der Waals surface area contributed by atoms with Crippen molar-refractivity contribution in [3.05, 3.63) is 40.5 Å². The summed E-state index contributed by atoms with van der Waals surface area (Å²) in [5.41, 5.74) is 1.14. The van der Waals surface area contributed by atoms with Gasteiger partial charge >= 0.3 is 0 Å². The summed E-state index contributed by atoms with van der Waals surface area (Å²) < 4.78 is 10.5. The number of methoxy groups -OCH3 is 1. The van der Waals surface area contributed by atoms with Gasteiger partial charge in [-0.15, -0.1) is 10.2 Å². The molecule has 0 radical (unpaired) electrons. The van der Waals surface area contributed by atoms with Crippen molar-refractivity contribution in [2.24, 2.45) is 0 Å². The van der Waals surface area contributed by atoms with E-state index in [1.807, 2.05) is 24.3 Å². The second-order valence-corrected chi connectivity index (χ2v) is 3.94. The van der Waals surface area contributed by atoms with Gasteiger partial charge in [-0.1, -0.05) is 18.2 Å². The first-order chi connectivity index (χ1) is 7.79. The van der Waals surface area contributed by atoms with Crippen molar-refractivity contribution in [3.8, 4) is 5.75 Å². The number of aromatic nitrogens is 2. The Kier molecular flexibility index (Phi) is 3.56.